The predicted octanol–water partition coefficient (Wildman–Crippen LogP) is 5.28. The molecule has 146 valence electrons. The van der Waals surface area contributed by atoms with Crippen LogP contribution in [0.4, 0.5) is 0 Å². The van der Waals surface area contributed by atoms with Gasteiger partial charge in [0.25, 0.3) is 5.91 Å². The Kier molecular flexibility index (Phi) is 5.94. The molecule has 0 aliphatic heterocycles. The van der Waals surface area contributed by atoms with E-state index >= 15 is 0 Å². The third-order valence-electron chi connectivity index (χ3n) is 4.26. The molecule has 3 aromatic heterocycles. The van der Waals surface area contributed by atoms with Crippen LogP contribution >= 0.6 is 34.5 Å². The van der Waals surface area contributed by atoms with Gasteiger partial charge in [-0.15, -0.1) is 11.3 Å². The number of amides is 1. The minimum atomic E-state index is -0.220. The first-order valence-corrected chi connectivity index (χ1v) is 10.5. The minimum absolute atomic E-state index is 0.220. The predicted molar refractivity (Wildman–Crippen MR) is 117 cm³/mol. The van der Waals surface area contributed by atoms with Crippen molar-refractivity contribution in [1.82, 2.24) is 20.1 Å². The molecule has 0 aliphatic carbocycles. The molecule has 4 rings (SSSR count). The molecule has 0 spiro atoms. The van der Waals surface area contributed by atoms with Gasteiger partial charge in [-0.25, -0.2) is 4.68 Å². The Morgan fingerprint density at radius 3 is 2.69 bits per heavy atom. The van der Waals surface area contributed by atoms with Crippen LogP contribution in [0.1, 0.15) is 16.2 Å². The van der Waals surface area contributed by atoms with Gasteiger partial charge in [0.1, 0.15) is 11.4 Å². The summed E-state index contributed by atoms with van der Waals surface area (Å²) in [6.45, 7) is 0.469. The summed E-state index contributed by atoms with van der Waals surface area (Å²) in [6.07, 6.45) is 2.38. The Morgan fingerprint density at radius 2 is 1.97 bits per heavy atom. The summed E-state index contributed by atoms with van der Waals surface area (Å²) in [5, 5.41) is 10.4. The van der Waals surface area contributed by atoms with Crippen molar-refractivity contribution in [1.29, 1.82) is 0 Å². The largest absolute Gasteiger partial charge is 0.350 e. The van der Waals surface area contributed by atoms with Crippen LogP contribution in [0.3, 0.4) is 0 Å². The zero-order valence-corrected chi connectivity index (χ0v) is 17.5. The van der Waals surface area contributed by atoms with Crippen molar-refractivity contribution >= 4 is 40.4 Å². The van der Waals surface area contributed by atoms with Gasteiger partial charge in [-0.05, 0) is 47.8 Å². The SMILES string of the molecule is O=C(NCCc1ccccn1)c1cc(-c2cccs2)nn1-c1ccc(Cl)c(Cl)c1. The number of hydrogen-bond donors (Lipinski definition) is 1. The highest BCUT2D eigenvalue weighted by atomic mass is 35.5. The normalized spacial score (nSPS) is 10.8. The minimum Gasteiger partial charge on any atom is -0.350 e. The van der Waals surface area contributed by atoms with Crippen LogP contribution in [0.5, 0.6) is 0 Å². The molecular formula is C21H16Cl2N4OS. The van der Waals surface area contributed by atoms with E-state index in [1.165, 1.54) is 0 Å². The average molecular weight is 443 g/mol. The molecule has 0 fully saturated rings. The highest BCUT2D eigenvalue weighted by Gasteiger charge is 2.18. The third-order valence-corrected chi connectivity index (χ3v) is 5.89. The summed E-state index contributed by atoms with van der Waals surface area (Å²) in [5.41, 5.74) is 2.73. The summed E-state index contributed by atoms with van der Waals surface area (Å²) in [6, 6.07) is 16.6. The van der Waals surface area contributed by atoms with Gasteiger partial charge in [0.05, 0.1) is 20.6 Å². The Hall–Kier alpha value is -2.67. The summed E-state index contributed by atoms with van der Waals surface area (Å²) in [4.78, 5) is 18.2. The number of carbonyl (C=O) groups is 1. The van der Waals surface area contributed by atoms with E-state index in [-0.39, 0.29) is 5.91 Å². The van der Waals surface area contributed by atoms with Gasteiger partial charge in [-0.2, -0.15) is 5.10 Å². The number of nitrogens with one attached hydrogen (secondary N) is 1. The number of carbonyl (C=O) groups excluding carboxylic acids is 1. The van der Waals surface area contributed by atoms with Crippen molar-refractivity contribution in [3.63, 3.8) is 0 Å². The van der Waals surface area contributed by atoms with Gasteiger partial charge < -0.3 is 5.32 Å². The Balaban J connectivity index is 1.61. The molecule has 5 nitrogen and oxygen atoms in total. The third kappa shape index (κ3) is 4.50. The molecule has 0 radical (unpaired) electrons. The lowest BCUT2D eigenvalue weighted by atomic mass is 10.2. The molecular weight excluding hydrogens is 427 g/mol. The molecule has 1 aromatic carbocycles. The maximum Gasteiger partial charge on any atom is 0.270 e. The zero-order chi connectivity index (χ0) is 20.2. The standard InChI is InChI=1S/C21H16Cl2N4OS/c22-16-7-6-15(12-17(16)23)27-19(13-18(26-27)20-5-3-11-29-20)21(28)25-10-8-14-4-1-2-9-24-14/h1-7,9,11-13H,8,10H2,(H,25,28). The lowest BCUT2D eigenvalue weighted by molar-refractivity contribution is 0.0946. The number of aromatic nitrogens is 3. The summed E-state index contributed by atoms with van der Waals surface area (Å²) < 4.78 is 1.59. The molecule has 4 aromatic rings. The molecule has 0 unspecified atom stereocenters. The first-order chi connectivity index (χ1) is 14.1. The quantitative estimate of drug-likeness (QED) is 0.442. The van der Waals surface area contributed by atoms with Crippen molar-refractivity contribution in [2.24, 2.45) is 0 Å². The van der Waals surface area contributed by atoms with E-state index in [1.807, 2.05) is 35.7 Å². The maximum absolute atomic E-state index is 12.9. The summed E-state index contributed by atoms with van der Waals surface area (Å²) in [5.74, 6) is -0.220. The van der Waals surface area contributed by atoms with E-state index < -0.39 is 0 Å². The fraction of sp³-hybridized carbons (Fsp3) is 0.0952. The molecule has 3 heterocycles. The van der Waals surface area contributed by atoms with Gasteiger partial charge >= 0.3 is 0 Å². The van der Waals surface area contributed by atoms with Crippen molar-refractivity contribution < 1.29 is 4.79 Å². The molecule has 0 saturated carbocycles. The molecule has 1 N–H and O–H groups in total. The number of pyridine rings is 1. The lowest BCUT2D eigenvalue weighted by Gasteiger charge is -2.09. The van der Waals surface area contributed by atoms with Gasteiger partial charge in [0, 0.05) is 24.9 Å². The number of rotatable bonds is 6. The van der Waals surface area contributed by atoms with Crippen LogP contribution in [0, 0.1) is 0 Å². The number of halogens is 2. The van der Waals surface area contributed by atoms with Gasteiger partial charge in [-0.1, -0.05) is 35.3 Å². The topological polar surface area (TPSA) is 59.8 Å². The lowest BCUT2D eigenvalue weighted by Crippen LogP contribution is -2.28. The summed E-state index contributed by atoms with van der Waals surface area (Å²) >= 11 is 13.8. The van der Waals surface area contributed by atoms with Gasteiger partial charge in [0.15, 0.2) is 0 Å². The van der Waals surface area contributed by atoms with Crippen LogP contribution in [0.2, 0.25) is 10.0 Å². The number of hydrogen-bond acceptors (Lipinski definition) is 4. The number of nitrogens with zero attached hydrogens (tertiary/aromatic N) is 3. The molecule has 8 heteroatoms. The first kappa shape index (κ1) is 19.6. The molecule has 0 saturated heterocycles. The fourth-order valence-corrected chi connectivity index (χ4v) is 3.82. The molecule has 0 atom stereocenters. The maximum atomic E-state index is 12.9. The Bertz CT molecular complexity index is 1130. The highest BCUT2D eigenvalue weighted by molar-refractivity contribution is 7.13. The Labute approximate surface area is 181 Å². The van der Waals surface area contributed by atoms with Crippen LogP contribution in [-0.2, 0) is 6.42 Å². The van der Waals surface area contributed by atoms with E-state index in [0.717, 1.165) is 16.3 Å². The van der Waals surface area contributed by atoms with Gasteiger partial charge in [-0.3, -0.25) is 9.78 Å². The van der Waals surface area contributed by atoms with Crippen molar-refractivity contribution in [2.45, 2.75) is 6.42 Å². The molecule has 29 heavy (non-hydrogen) atoms. The van der Waals surface area contributed by atoms with Crippen LogP contribution in [0.15, 0.2) is 66.2 Å². The van der Waals surface area contributed by atoms with E-state index in [0.29, 0.717) is 34.4 Å². The molecule has 0 bridgehead atoms. The van der Waals surface area contributed by atoms with Crippen LogP contribution in [0.25, 0.3) is 16.3 Å². The van der Waals surface area contributed by atoms with Crippen molar-refractivity contribution in [3.05, 3.63) is 87.6 Å². The fourth-order valence-electron chi connectivity index (χ4n) is 2.84. The van der Waals surface area contributed by atoms with Crippen molar-refractivity contribution in [3.8, 4) is 16.3 Å². The van der Waals surface area contributed by atoms with Crippen LogP contribution < -0.4 is 5.32 Å². The second-order valence-electron chi connectivity index (χ2n) is 6.23. The highest BCUT2D eigenvalue weighted by Crippen LogP contribution is 2.28. The molecule has 0 aliphatic rings. The second kappa shape index (κ2) is 8.78. The average Bonchev–Trinajstić information content (AvgIpc) is 3.40. The smallest absolute Gasteiger partial charge is 0.270 e. The zero-order valence-electron chi connectivity index (χ0n) is 15.2. The monoisotopic (exact) mass is 442 g/mol. The molecule has 1 amide bonds. The summed E-state index contributed by atoms with van der Waals surface area (Å²) in [7, 11) is 0. The van der Waals surface area contributed by atoms with E-state index in [1.54, 1.807) is 46.5 Å². The first-order valence-electron chi connectivity index (χ1n) is 8.89. The Morgan fingerprint density at radius 1 is 1.07 bits per heavy atom. The van der Waals surface area contributed by atoms with Crippen LogP contribution in [-0.4, -0.2) is 27.2 Å². The number of benzene rings is 1. The van der Waals surface area contributed by atoms with E-state index in [2.05, 4.69) is 15.4 Å². The second-order valence-corrected chi connectivity index (χ2v) is 7.99. The van der Waals surface area contributed by atoms with Gasteiger partial charge in [0.2, 0.25) is 0 Å². The van der Waals surface area contributed by atoms with E-state index in [9.17, 15) is 4.79 Å². The number of thiophene rings is 1. The van der Waals surface area contributed by atoms with Crippen molar-refractivity contribution in [2.75, 3.05) is 6.54 Å². The van der Waals surface area contributed by atoms with E-state index in [4.69, 9.17) is 23.2 Å².